The fourth-order valence-electron chi connectivity index (χ4n) is 1.79. The minimum absolute atomic E-state index is 0.0223. The highest BCUT2D eigenvalue weighted by molar-refractivity contribution is 9.10. The number of carbonyl (C=O) groups is 1. The molecule has 1 aromatic rings. The van der Waals surface area contributed by atoms with E-state index in [9.17, 15) is 4.79 Å². The summed E-state index contributed by atoms with van der Waals surface area (Å²) in [5.74, 6) is 0.0223. The van der Waals surface area contributed by atoms with Crippen LogP contribution < -0.4 is 10.6 Å². The van der Waals surface area contributed by atoms with Crippen LogP contribution in [0.1, 0.15) is 32.4 Å². The van der Waals surface area contributed by atoms with Crippen LogP contribution in [0.4, 0.5) is 0 Å². The first-order valence-corrected chi connectivity index (χ1v) is 7.35. The Morgan fingerprint density at radius 3 is 2.63 bits per heavy atom. The zero-order valence-electron chi connectivity index (χ0n) is 11.7. The number of halogens is 2. The maximum Gasteiger partial charge on any atom is 0.226 e. The van der Waals surface area contributed by atoms with Gasteiger partial charge >= 0.3 is 0 Å². The van der Waals surface area contributed by atoms with Gasteiger partial charge in [-0.25, -0.2) is 0 Å². The molecule has 19 heavy (non-hydrogen) atoms. The van der Waals surface area contributed by atoms with Gasteiger partial charge in [0.05, 0.1) is 5.41 Å². The van der Waals surface area contributed by atoms with Crippen LogP contribution in [0.5, 0.6) is 0 Å². The zero-order valence-corrected chi connectivity index (χ0v) is 14.0. The lowest BCUT2D eigenvalue weighted by Gasteiger charge is -2.26. The van der Waals surface area contributed by atoms with Crippen molar-refractivity contribution in [1.29, 1.82) is 0 Å². The van der Waals surface area contributed by atoms with E-state index in [1.807, 2.05) is 39.0 Å². The Labute approximate surface area is 128 Å². The second kappa shape index (κ2) is 6.73. The average Bonchev–Trinajstić information content (AvgIpc) is 2.35. The molecule has 1 aromatic carbocycles. The number of nitrogens with one attached hydrogen (secondary N) is 2. The van der Waals surface area contributed by atoms with E-state index in [1.165, 1.54) is 0 Å². The molecule has 0 heterocycles. The maximum atomic E-state index is 11.7. The van der Waals surface area contributed by atoms with Crippen LogP contribution in [-0.2, 0) is 4.79 Å². The normalized spacial score (nSPS) is 13.2. The van der Waals surface area contributed by atoms with Crippen molar-refractivity contribution in [2.75, 3.05) is 13.6 Å². The predicted octanol–water partition coefficient (Wildman–Crippen LogP) is 3.53. The fourth-order valence-corrected chi connectivity index (χ4v) is 2.63. The fraction of sp³-hybridized carbons (Fsp3) is 0.500. The van der Waals surface area contributed by atoms with Gasteiger partial charge in [-0.3, -0.25) is 4.79 Å². The maximum absolute atomic E-state index is 11.7. The molecule has 0 saturated carbocycles. The summed E-state index contributed by atoms with van der Waals surface area (Å²) in [7, 11) is 1.65. The average molecular weight is 348 g/mol. The van der Waals surface area contributed by atoms with Crippen molar-refractivity contribution in [3.63, 3.8) is 0 Å². The molecular weight excluding hydrogens is 328 g/mol. The Morgan fingerprint density at radius 1 is 1.47 bits per heavy atom. The standard InChI is InChI=1S/C14H20BrClN2O/c1-9(11-6-5-10(15)7-12(11)16)18-8-14(2,3)13(19)17-4/h5-7,9,18H,8H2,1-4H3,(H,17,19). The van der Waals surface area contributed by atoms with Crippen molar-refractivity contribution in [2.45, 2.75) is 26.8 Å². The SMILES string of the molecule is CNC(=O)C(C)(C)CNC(C)c1ccc(Br)cc1Cl. The lowest BCUT2D eigenvalue weighted by molar-refractivity contribution is -0.128. The zero-order chi connectivity index (χ0) is 14.6. The number of benzene rings is 1. The van der Waals surface area contributed by atoms with Crippen LogP contribution in [0.25, 0.3) is 0 Å². The molecule has 0 radical (unpaired) electrons. The molecule has 1 atom stereocenters. The van der Waals surface area contributed by atoms with Gasteiger partial charge in [0.25, 0.3) is 0 Å². The largest absolute Gasteiger partial charge is 0.359 e. The quantitative estimate of drug-likeness (QED) is 0.855. The molecular formula is C14H20BrClN2O. The highest BCUT2D eigenvalue weighted by Crippen LogP contribution is 2.27. The molecule has 0 bridgehead atoms. The molecule has 2 N–H and O–H groups in total. The van der Waals surface area contributed by atoms with Gasteiger partial charge in [-0.2, -0.15) is 0 Å². The molecule has 0 fully saturated rings. The summed E-state index contributed by atoms with van der Waals surface area (Å²) < 4.78 is 0.958. The molecule has 3 nitrogen and oxygen atoms in total. The van der Waals surface area contributed by atoms with Crippen molar-refractivity contribution in [2.24, 2.45) is 5.41 Å². The summed E-state index contributed by atoms with van der Waals surface area (Å²) in [5, 5.41) is 6.75. The molecule has 106 valence electrons. The smallest absolute Gasteiger partial charge is 0.226 e. The van der Waals surface area contributed by atoms with E-state index < -0.39 is 5.41 Å². The summed E-state index contributed by atoms with van der Waals surface area (Å²) in [6.07, 6.45) is 0. The van der Waals surface area contributed by atoms with E-state index in [1.54, 1.807) is 7.05 Å². The van der Waals surface area contributed by atoms with E-state index >= 15 is 0 Å². The topological polar surface area (TPSA) is 41.1 Å². The monoisotopic (exact) mass is 346 g/mol. The molecule has 1 unspecified atom stereocenters. The third-order valence-corrected chi connectivity index (χ3v) is 3.94. The van der Waals surface area contributed by atoms with Gasteiger partial charge in [0.15, 0.2) is 0 Å². The van der Waals surface area contributed by atoms with E-state index in [4.69, 9.17) is 11.6 Å². The Balaban J connectivity index is 2.70. The van der Waals surface area contributed by atoms with Crippen molar-refractivity contribution in [3.8, 4) is 0 Å². The second-order valence-electron chi connectivity index (χ2n) is 5.23. The summed E-state index contributed by atoms with van der Waals surface area (Å²) in [5.41, 5.74) is 0.572. The number of amides is 1. The van der Waals surface area contributed by atoms with Crippen molar-refractivity contribution in [3.05, 3.63) is 33.3 Å². The van der Waals surface area contributed by atoms with Gasteiger partial charge in [0, 0.05) is 29.1 Å². The van der Waals surface area contributed by atoms with E-state index in [-0.39, 0.29) is 11.9 Å². The van der Waals surface area contributed by atoms with Crippen molar-refractivity contribution < 1.29 is 4.79 Å². The molecule has 5 heteroatoms. The lowest BCUT2D eigenvalue weighted by atomic mass is 9.91. The minimum Gasteiger partial charge on any atom is -0.359 e. The molecule has 0 aromatic heterocycles. The summed E-state index contributed by atoms with van der Waals surface area (Å²) in [6, 6.07) is 5.91. The number of hydrogen-bond donors (Lipinski definition) is 2. The Bertz CT molecular complexity index is 463. The van der Waals surface area contributed by atoms with Gasteiger partial charge in [-0.1, -0.05) is 33.6 Å². The first-order chi connectivity index (χ1) is 8.77. The first-order valence-electron chi connectivity index (χ1n) is 6.18. The summed E-state index contributed by atoms with van der Waals surface area (Å²) in [6.45, 7) is 6.44. The second-order valence-corrected chi connectivity index (χ2v) is 6.55. The van der Waals surface area contributed by atoms with Crippen LogP contribution >= 0.6 is 27.5 Å². The van der Waals surface area contributed by atoms with Gasteiger partial charge in [-0.15, -0.1) is 0 Å². The summed E-state index contributed by atoms with van der Waals surface area (Å²) >= 11 is 9.60. The van der Waals surface area contributed by atoms with Gasteiger partial charge in [-0.05, 0) is 38.5 Å². The van der Waals surface area contributed by atoms with Gasteiger partial charge < -0.3 is 10.6 Å². The van der Waals surface area contributed by atoms with Crippen LogP contribution in [0.15, 0.2) is 22.7 Å². The van der Waals surface area contributed by atoms with E-state index in [0.29, 0.717) is 11.6 Å². The predicted molar refractivity (Wildman–Crippen MR) is 83.4 cm³/mol. The Kier molecular flexibility index (Phi) is 5.83. The van der Waals surface area contributed by atoms with Crippen molar-refractivity contribution >= 4 is 33.4 Å². The molecule has 0 saturated heterocycles. The molecule has 0 spiro atoms. The third-order valence-electron chi connectivity index (χ3n) is 3.12. The highest BCUT2D eigenvalue weighted by atomic mass is 79.9. The van der Waals surface area contributed by atoms with Gasteiger partial charge in [0.1, 0.15) is 0 Å². The Hall–Kier alpha value is -0.580. The van der Waals surface area contributed by atoms with Crippen LogP contribution in [0.3, 0.4) is 0 Å². The minimum atomic E-state index is -0.454. The van der Waals surface area contributed by atoms with Gasteiger partial charge in [0.2, 0.25) is 5.91 Å². The van der Waals surface area contributed by atoms with Crippen LogP contribution in [0.2, 0.25) is 5.02 Å². The molecule has 1 amide bonds. The van der Waals surface area contributed by atoms with Crippen molar-refractivity contribution in [1.82, 2.24) is 10.6 Å². The molecule has 1 rings (SSSR count). The highest BCUT2D eigenvalue weighted by Gasteiger charge is 2.27. The van der Waals surface area contributed by atoms with Crippen LogP contribution in [-0.4, -0.2) is 19.5 Å². The number of hydrogen-bond acceptors (Lipinski definition) is 2. The van der Waals surface area contributed by atoms with E-state index in [0.717, 1.165) is 10.0 Å². The third kappa shape index (κ3) is 4.48. The number of carbonyl (C=O) groups excluding carboxylic acids is 1. The lowest BCUT2D eigenvalue weighted by Crippen LogP contribution is -2.42. The Morgan fingerprint density at radius 2 is 2.11 bits per heavy atom. The first kappa shape index (κ1) is 16.5. The molecule has 0 aliphatic rings. The molecule has 0 aliphatic carbocycles. The summed E-state index contributed by atoms with van der Waals surface area (Å²) in [4.78, 5) is 11.7. The van der Waals surface area contributed by atoms with E-state index in [2.05, 4.69) is 26.6 Å². The molecule has 0 aliphatic heterocycles. The van der Waals surface area contributed by atoms with Crippen LogP contribution in [0, 0.1) is 5.41 Å². The number of rotatable bonds is 5.